The number of rotatable bonds is 4. The van der Waals surface area contributed by atoms with Crippen LogP contribution < -0.4 is 11.1 Å². The molecule has 1 aromatic rings. The first-order valence-electron chi connectivity index (χ1n) is 5.02. The maximum Gasteiger partial charge on any atom is 0.234 e. The number of primary amides is 1. The maximum atomic E-state index is 13.3. The van der Waals surface area contributed by atoms with Crippen molar-refractivity contribution in [1.82, 2.24) is 5.32 Å². The maximum absolute atomic E-state index is 13.3. The summed E-state index contributed by atoms with van der Waals surface area (Å²) >= 11 is 11.5. The molecule has 3 N–H and O–H groups in total. The van der Waals surface area contributed by atoms with Crippen LogP contribution in [0.25, 0.3) is 0 Å². The summed E-state index contributed by atoms with van der Waals surface area (Å²) in [7, 11) is 0. The number of hydrogen-bond donors (Lipinski definition) is 2. The van der Waals surface area contributed by atoms with E-state index in [0.29, 0.717) is 10.6 Å². The minimum Gasteiger partial charge on any atom is -0.368 e. The molecule has 94 valence electrons. The minimum absolute atomic E-state index is 0.0334. The number of amides is 1. The van der Waals surface area contributed by atoms with Crippen molar-refractivity contribution in [3.8, 4) is 0 Å². The Morgan fingerprint density at radius 3 is 2.47 bits per heavy atom. The summed E-state index contributed by atoms with van der Waals surface area (Å²) < 4.78 is 13.3. The Kier molecular flexibility index (Phi) is 4.74. The molecule has 0 saturated carbocycles. The third-order valence-electron chi connectivity index (χ3n) is 2.43. The highest BCUT2D eigenvalue weighted by Crippen LogP contribution is 2.28. The molecule has 1 aromatic carbocycles. The Labute approximate surface area is 109 Å². The van der Waals surface area contributed by atoms with E-state index >= 15 is 0 Å². The number of benzene rings is 1. The van der Waals surface area contributed by atoms with Gasteiger partial charge >= 0.3 is 0 Å². The third kappa shape index (κ3) is 3.56. The molecular formula is C11H13Cl2FN2O. The third-order valence-corrected chi connectivity index (χ3v) is 3.05. The van der Waals surface area contributed by atoms with Gasteiger partial charge in [0.1, 0.15) is 5.82 Å². The number of nitrogens with one attached hydrogen (secondary N) is 1. The Morgan fingerprint density at radius 1 is 1.35 bits per heavy atom. The summed E-state index contributed by atoms with van der Waals surface area (Å²) in [6, 6.07) is 1.74. The second-order valence-corrected chi connectivity index (χ2v) is 4.61. The molecule has 0 saturated heterocycles. The van der Waals surface area contributed by atoms with Gasteiger partial charge in [-0.1, -0.05) is 23.2 Å². The van der Waals surface area contributed by atoms with Crippen LogP contribution in [0, 0.1) is 5.82 Å². The number of halogens is 3. The Balaban J connectivity index is 2.92. The van der Waals surface area contributed by atoms with E-state index in [0.717, 1.165) is 0 Å². The van der Waals surface area contributed by atoms with Crippen molar-refractivity contribution in [2.24, 2.45) is 5.73 Å². The summed E-state index contributed by atoms with van der Waals surface area (Å²) in [5.41, 5.74) is 5.65. The van der Waals surface area contributed by atoms with Gasteiger partial charge in [-0.15, -0.1) is 0 Å². The molecule has 0 aromatic heterocycles. The van der Waals surface area contributed by atoms with Crippen molar-refractivity contribution < 1.29 is 9.18 Å². The highest BCUT2D eigenvalue weighted by atomic mass is 35.5. The second kappa shape index (κ2) is 5.67. The highest BCUT2D eigenvalue weighted by molar-refractivity contribution is 6.35. The van der Waals surface area contributed by atoms with Crippen molar-refractivity contribution in [2.45, 2.75) is 25.9 Å². The van der Waals surface area contributed by atoms with Gasteiger partial charge < -0.3 is 5.73 Å². The van der Waals surface area contributed by atoms with Gasteiger partial charge in [0.2, 0.25) is 5.91 Å². The van der Waals surface area contributed by atoms with E-state index in [4.69, 9.17) is 28.9 Å². The van der Waals surface area contributed by atoms with Gasteiger partial charge in [-0.25, -0.2) is 4.39 Å². The molecule has 3 nitrogen and oxygen atoms in total. The normalized spacial score (nSPS) is 14.4. The topological polar surface area (TPSA) is 55.1 Å². The van der Waals surface area contributed by atoms with Gasteiger partial charge in [0.05, 0.1) is 11.1 Å². The predicted octanol–water partition coefficient (Wildman–Crippen LogP) is 2.66. The van der Waals surface area contributed by atoms with Gasteiger partial charge in [-0.2, -0.15) is 0 Å². The molecule has 0 radical (unpaired) electrons. The molecule has 0 spiro atoms. The zero-order valence-corrected chi connectivity index (χ0v) is 10.9. The standard InChI is InChI=1S/C11H13Cl2FN2O/c1-5(16-6(2)11(15)17)7-3-10(14)9(13)4-8(7)12/h3-6,16H,1-2H3,(H2,15,17)/t5-,6-/m0/s1. The SMILES string of the molecule is C[C@H](N[C@@H](C)c1cc(F)c(Cl)cc1Cl)C(N)=O. The van der Waals surface area contributed by atoms with Crippen molar-refractivity contribution in [2.75, 3.05) is 0 Å². The van der Waals surface area contributed by atoms with E-state index in [2.05, 4.69) is 5.32 Å². The lowest BCUT2D eigenvalue weighted by Gasteiger charge is -2.19. The largest absolute Gasteiger partial charge is 0.368 e. The molecule has 6 heteroatoms. The molecule has 0 bridgehead atoms. The Bertz CT molecular complexity index is 440. The van der Waals surface area contributed by atoms with E-state index < -0.39 is 17.8 Å². The van der Waals surface area contributed by atoms with Crippen molar-refractivity contribution in [1.29, 1.82) is 0 Å². The van der Waals surface area contributed by atoms with Crippen LogP contribution in [0.3, 0.4) is 0 Å². The molecule has 2 atom stereocenters. The van der Waals surface area contributed by atoms with Crippen LogP contribution in [0.4, 0.5) is 4.39 Å². The summed E-state index contributed by atoms with van der Waals surface area (Å²) in [6.45, 7) is 3.38. The van der Waals surface area contributed by atoms with Crippen molar-refractivity contribution in [3.63, 3.8) is 0 Å². The second-order valence-electron chi connectivity index (χ2n) is 3.80. The minimum atomic E-state index is -0.550. The molecule has 17 heavy (non-hydrogen) atoms. The molecule has 0 fully saturated rings. The van der Waals surface area contributed by atoms with Gasteiger partial charge in [0, 0.05) is 11.1 Å². The van der Waals surface area contributed by atoms with Gasteiger partial charge in [-0.3, -0.25) is 10.1 Å². The number of hydrogen-bond acceptors (Lipinski definition) is 2. The highest BCUT2D eigenvalue weighted by Gasteiger charge is 2.17. The van der Waals surface area contributed by atoms with E-state index in [1.165, 1.54) is 12.1 Å². The lowest BCUT2D eigenvalue weighted by Crippen LogP contribution is -2.40. The number of carbonyl (C=O) groups is 1. The van der Waals surface area contributed by atoms with Gasteiger partial charge in [-0.05, 0) is 31.5 Å². The van der Waals surface area contributed by atoms with E-state index in [1.807, 2.05) is 0 Å². The van der Waals surface area contributed by atoms with Crippen LogP contribution >= 0.6 is 23.2 Å². The first-order chi connectivity index (χ1) is 7.82. The summed E-state index contributed by atoms with van der Waals surface area (Å²) in [6.07, 6.45) is 0. The zero-order valence-electron chi connectivity index (χ0n) is 9.43. The van der Waals surface area contributed by atoms with Crippen molar-refractivity contribution >= 4 is 29.1 Å². The van der Waals surface area contributed by atoms with Crippen LogP contribution in [0.5, 0.6) is 0 Å². The molecule has 1 rings (SSSR count). The molecule has 0 heterocycles. The number of nitrogens with two attached hydrogens (primary N) is 1. The lowest BCUT2D eigenvalue weighted by molar-refractivity contribution is -0.119. The molecule has 0 aliphatic carbocycles. The predicted molar refractivity (Wildman–Crippen MR) is 66.6 cm³/mol. The lowest BCUT2D eigenvalue weighted by atomic mass is 10.1. The summed E-state index contributed by atoms with van der Waals surface area (Å²) in [5.74, 6) is -1.03. The fourth-order valence-corrected chi connectivity index (χ4v) is 1.96. The van der Waals surface area contributed by atoms with Crippen LogP contribution in [0.1, 0.15) is 25.5 Å². The first kappa shape index (κ1) is 14.2. The Hall–Kier alpha value is -0.840. The smallest absolute Gasteiger partial charge is 0.234 e. The van der Waals surface area contributed by atoms with Crippen LogP contribution in [0.15, 0.2) is 12.1 Å². The van der Waals surface area contributed by atoms with Crippen LogP contribution in [-0.4, -0.2) is 11.9 Å². The summed E-state index contributed by atoms with van der Waals surface area (Å²) in [4.78, 5) is 10.9. The van der Waals surface area contributed by atoms with Crippen LogP contribution in [-0.2, 0) is 4.79 Å². The Morgan fingerprint density at radius 2 is 1.94 bits per heavy atom. The van der Waals surface area contributed by atoms with Gasteiger partial charge in [0.15, 0.2) is 0 Å². The molecule has 0 aliphatic rings. The van der Waals surface area contributed by atoms with E-state index in [9.17, 15) is 9.18 Å². The average Bonchev–Trinajstić information content (AvgIpc) is 2.22. The summed E-state index contributed by atoms with van der Waals surface area (Å²) in [5, 5.41) is 3.22. The quantitative estimate of drug-likeness (QED) is 0.832. The fourth-order valence-electron chi connectivity index (χ4n) is 1.42. The molecular weight excluding hydrogens is 266 g/mol. The zero-order chi connectivity index (χ0) is 13.2. The first-order valence-corrected chi connectivity index (χ1v) is 5.78. The monoisotopic (exact) mass is 278 g/mol. The van der Waals surface area contributed by atoms with Gasteiger partial charge in [0.25, 0.3) is 0 Å². The van der Waals surface area contributed by atoms with E-state index in [1.54, 1.807) is 13.8 Å². The van der Waals surface area contributed by atoms with Crippen molar-refractivity contribution in [3.05, 3.63) is 33.6 Å². The fraction of sp³-hybridized carbons (Fsp3) is 0.364. The molecule has 1 amide bonds. The van der Waals surface area contributed by atoms with Crippen LogP contribution in [0.2, 0.25) is 10.0 Å². The molecule has 0 unspecified atom stereocenters. The number of carbonyl (C=O) groups excluding carboxylic acids is 1. The average molecular weight is 279 g/mol. The molecule has 0 aliphatic heterocycles. The van der Waals surface area contributed by atoms with E-state index in [-0.39, 0.29) is 11.1 Å².